The highest BCUT2D eigenvalue weighted by molar-refractivity contribution is 6.30. The summed E-state index contributed by atoms with van der Waals surface area (Å²) in [6.07, 6.45) is 6.15. The average Bonchev–Trinajstić information content (AvgIpc) is 2.90. The average molecular weight is 292 g/mol. The number of nitrogens with zero attached hydrogens (tertiary/aromatic N) is 2. The fourth-order valence-electron chi connectivity index (χ4n) is 2.46. The second-order valence-corrected chi connectivity index (χ2v) is 5.58. The summed E-state index contributed by atoms with van der Waals surface area (Å²) in [7, 11) is 0. The zero-order valence-electron chi connectivity index (χ0n) is 11.3. The van der Waals surface area contributed by atoms with E-state index < -0.39 is 0 Å². The van der Waals surface area contributed by atoms with Crippen molar-refractivity contribution >= 4 is 11.6 Å². The van der Waals surface area contributed by atoms with Gasteiger partial charge in [0.15, 0.2) is 5.75 Å². The summed E-state index contributed by atoms with van der Waals surface area (Å²) in [6, 6.07) is 7.34. The topological polar surface area (TPSA) is 39.1 Å². The fourth-order valence-corrected chi connectivity index (χ4v) is 2.59. The Balaban J connectivity index is 1.60. The van der Waals surface area contributed by atoms with Crippen LogP contribution >= 0.6 is 11.6 Å². The molecule has 2 heterocycles. The van der Waals surface area contributed by atoms with E-state index in [0.717, 1.165) is 31.1 Å². The molecule has 0 spiro atoms. The molecule has 1 aliphatic rings. The molecule has 1 aromatic carbocycles. The predicted molar refractivity (Wildman–Crippen MR) is 79.3 cm³/mol. The number of hydrogen-bond acceptors (Lipinski definition) is 3. The third-order valence-electron chi connectivity index (χ3n) is 3.56. The standard InChI is InChI=1S/C15H18ClN3O/c16-13-1-3-14(4-2-13)20-15-9-18-19(11-15)10-12-5-7-17-8-6-12/h1-4,9,11-12,17H,5-8,10H2. The van der Waals surface area contributed by atoms with Gasteiger partial charge in [-0.3, -0.25) is 4.68 Å². The number of ether oxygens (including phenoxy) is 1. The summed E-state index contributed by atoms with van der Waals surface area (Å²) in [5, 5.41) is 8.45. The number of aromatic nitrogens is 2. The molecule has 1 N–H and O–H groups in total. The molecule has 0 atom stereocenters. The highest BCUT2D eigenvalue weighted by atomic mass is 35.5. The summed E-state index contributed by atoms with van der Waals surface area (Å²) < 4.78 is 7.72. The van der Waals surface area contributed by atoms with E-state index in [1.807, 2.05) is 35.1 Å². The van der Waals surface area contributed by atoms with E-state index in [-0.39, 0.29) is 0 Å². The zero-order chi connectivity index (χ0) is 13.8. The fraction of sp³-hybridized carbons (Fsp3) is 0.400. The normalized spacial score (nSPS) is 16.2. The van der Waals surface area contributed by atoms with Crippen molar-refractivity contribution in [2.75, 3.05) is 13.1 Å². The Hall–Kier alpha value is -1.52. The first kappa shape index (κ1) is 13.5. The van der Waals surface area contributed by atoms with Crippen molar-refractivity contribution in [3.05, 3.63) is 41.7 Å². The molecule has 0 bridgehead atoms. The molecular weight excluding hydrogens is 274 g/mol. The van der Waals surface area contributed by atoms with Crippen molar-refractivity contribution in [1.82, 2.24) is 15.1 Å². The van der Waals surface area contributed by atoms with Crippen molar-refractivity contribution in [3.63, 3.8) is 0 Å². The van der Waals surface area contributed by atoms with E-state index in [2.05, 4.69) is 10.4 Å². The molecule has 1 fully saturated rings. The van der Waals surface area contributed by atoms with Gasteiger partial charge in [-0.2, -0.15) is 5.10 Å². The molecule has 5 heteroatoms. The van der Waals surface area contributed by atoms with Crippen LogP contribution < -0.4 is 10.1 Å². The minimum absolute atomic E-state index is 0.707. The van der Waals surface area contributed by atoms with Crippen molar-refractivity contribution in [3.8, 4) is 11.5 Å². The molecule has 20 heavy (non-hydrogen) atoms. The van der Waals surface area contributed by atoms with E-state index in [0.29, 0.717) is 10.9 Å². The molecule has 1 aliphatic heterocycles. The van der Waals surface area contributed by atoms with Gasteiger partial charge in [0.1, 0.15) is 5.75 Å². The lowest BCUT2D eigenvalue weighted by Gasteiger charge is -2.22. The maximum Gasteiger partial charge on any atom is 0.165 e. The quantitative estimate of drug-likeness (QED) is 0.939. The lowest BCUT2D eigenvalue weighted by molar-refractivity contribution is 0.321. The molecular formula is C15H18ClN3O. The maximum atomic E-state index is 5.85. The highest BCUT2D eigenvalue weighted by Crippen LogP contribution is 2.23. The molecule has 1 aromatic heterocycles. The Morgan fingerprint density at radius 3 is 2.70 bits per heavy atom. The second kappa shape index (κ2) is 6.29. The first-order valence-electron chi connectivity index (χ1n) is 6.96. The van der Waals surface area contributed by atoms with Gasteiger partial charge in [-0.05, 0) is 56.1 Å². The van der Waals surface area contributed by atoms with Crippen LogP contribution in [0.1, 0.15) is 12.8 Å². The number of rotatable bonds is 4. The SMILES string of the molecule is Clc1ccc(Oc2cnn(CC3CCNCC3)c2)cc1. The monoisotopic (exact) mass is 291 g/mol. The lowest BCUT2D eigenvalue weighted by atomic mass is 9.98. The van der Waals surface area contributed by atoms with Crippen molar-refractivity contribution < 1.29 is 4.74 Å². The molecule has 4 nitrogen and oxygen atoms in total. The zero-order valence-corrected chi connectivity index (χ0v) is 12.0. The molecule has 3 rings (SSSR count). The van der Waals surface area contributed by atoms with E-state index in [1.165, 1.54) is 12.8 Å². The van der Waals surface area contributed by atoms with Crippen LogP contribution in [0.5, 0.6) is 11.5 Å². The van der Waals surface area contributed by atoms with Crippen LogP contribution in [-0.4, -0.2) is 22.9 Å². The van der Waals surface area contributed by atoms with Crippen LogP contribution in [0.2, 0.25) is 5.02 Å². The largest absolute Gasteiger partial charge is 0.454 e. The summed E-state index contributed by atoms with van der Waals surface area (Å²) in [6.45, 7) is 3.19. The molecule has 0 radical (unpaired) electrons. The minimum Gasteiger partial charge on any atom is -0.454 e. The van der Waals surface area contributed by atoms with Crippen molar-refractivity contribution in [1.29, 1.82) is 0 Å². The van der Waals surface area contributed by atoms with E-state index in [4.69, 9.17) is 16.3 Å². The van der Waals surface area contributed by atoms with Crippen LogP contribution in [-0.2, 0) is 6.54 Å². The highest BCUT2D eigenvalue weighted by Gasteiger charge is 2.14. The summed E-state index contributed by atoms with van der Waals surface area (Å²) in [5.74, 6) is 2.25. The van der Waals surface area contributed by atoms with Crippen LogP contribution in [0.4, 0.5) is 0 Å². The van der Waals surface area contributed by atoms with Gasteiger partial charge in [-0.15, -0.1) is 0 Å². The Labute approximate surface area is 123 Å². The molecule has 0 aliphatic carbocycles. The van der Waals surface area contributed by atoms with E-state index in [1.54, 1.807) is 6.20 Å². The number of benzene rings is 1. The van der Waals surface area contributed by atoms with Crippen LogP contribution in [0, 0.1) is 5.92 Å². The van der Waals surface area contributed by atoms with Gasteiger partial charge in [-0.25, -0.2) is 0 Å². The number of piperidine rings is 1. The third kappa shape index (κ3) is 3.52. The van der Waals surface area contributed by atoms with Gasteiger partial charge in [0.2, 0.25) is 0 Å². The van der Waals surface area contributed by atoms with E-state index >= 15 is 0 Å². The van der Waals surface area contributed by atoms with Crippen LogP contribution in [0.15, 0.2) is 36.7 Å². The summed E-state index contributed by atoms with van der Waals surface area (Å²) in [4.78, 5) is 0. The molecule has 106 valence electrons. The Morgan fingerprint density at radius 1 is 1.20 bits per heavy atom. The molecule has 0 amide bonds. The van der Waals surface area contributed by atoms with Crippen molar-refractivity contribution in [2.45, 2.75) is 19.4 Å². The van der Waals surface area contributed by atoms with Gasteiger partial charge < -0.3 is 10.1 Å². The maximum absolute atomic E-state index is 5.85. The number of halogens is 1. The Kier molecular flexibility index (Phi) is 4.23. The first-order valence-corrected chi connectivity index (χ1v) is 7.34. The van der Waals surface area contributed by atoms with Gasteiger partial charge >= 0.3 is 0 Å². The van der Waals surface area contributed by atoms with Gasteiger partial charge in [0.05, 0.1) is 12.4 Å². The second-order valence-electron chi connectivity index (χ2n) is 5.15. The number of nitrogens with one attached hydrogen (secondary N) is 1. The summed E-state index contributed by atoms with van der Waals surface area (Å²) >= 11 is 5.85. The van der Waals surface area contributed by atoms with Gasteiger partial charge in [0.25, 0.3) is 0 Å². The number of hydrogen-bond donors (Lipinski definition) is 1. The minimum atomic E-state index is 0.707. The van der Waals surface area contributed by atoms with Crippen molar-refractivity contribution in [2.24, 2.45) is 5.92 Å². The van der Waals surface area contributed by atoms with Crippen LogP contribution in [0.25, 0.3) is 0 Å². The summed E-state index contributed by atoms with van der Waals surface area (Å²) in [5.41, 5.74) is 0. The lowest BCUT2D eigenvalue weighted by Crippen LogP contribution is -2.29. The molecule has 1 saturated heterocycles. The molecule has 0 unspecified atom stereocenters. The van der Waals surface area contributed by atoms with Gasteiger partial charge in [-0.1, -0.05) is 11.6 Å². The predicted octanol–water partition coefficient (Wildman–Crippen LogP) is 3.33. The van der Waals surface area contributed by atoms with E-state index in [9.17, 15) is 0 Å². The third-order valence-corrected chi connectivity index (χ3v) is 3.81. The Morgan fingerprint density at radius 2 is 1.95 bits per heavy atom. The first-order chi connectivity index (χ1) is 9.79. The molecule has 2 aromatic rings. The smallest absolute Gasteiger partial charge is 0.165 e. The Bertz CT molecular complexity index is 547. The van der Waals surface area contributed by atoms with Crippen LogP contribution in [0.3, 0.4) is 0 Å². The van der Waals surface area contributed by atoms with Gasteiger partial charge in [0, 0.05) is 11.6 Å². The molecule has 0 saturated carbocycles.